The molecule has 0 radical (unpaired) electrons. The first-order chi connectivity index (χ1) is 12.2. The van der Waals surface area contributed by atoms with Crippen molar-refractivity contribution >= 4 is 5.97 Å². The summed E-state index contributed by atoms with van der Waals surface area (Å²) in [6.45, 7) is 10.4. The summed E-state index contributed by atoms with van der Waals surface area (Å²) in [4.78, 5) is 24.5. The molecule has 7 heteroatoms. The predicted octanol–water partition coefficient (Wildman–Crippen LogP) is -0.202. The zero-order chi connectivity index (χ0) is 17.0. The summed E-state index contributed by atoms with van der Waals surface area (Å²) in [5, 5.41) is 0. The van der Waals surface area contributed by atoms with Gasteiger partial charge in [-0.3, -0.25) is 14.3 Å². The molecule has 25 heavy (non-hydrogen) atoms. The molecule has 7 nitrogen and oxygen atoms in total. The van der Waals surface area contributed by atoms with E-state index in [1.807, 2.05) is 6.07 Å². The second-order valence-electron chi connectivity index (χ2n) is 7.76. The van der Waals surface area contributed by atoms with E-state index in [9.17, 15) is 4.79 Å². The SMILES string of the molecule is COC(=O)c1cccc(C[N@@+]23CCN4CCN5CCN(CC2)[C@@H]3[C@H]54)n1. The first-order valence-corrected chi connectivity index (χ1v) is 9.32. The number of quaternary nitrogens is 1. The fourth-order valence-corrected chi connectivity index (χ4v) is 5.46. The van der Waals surface area contributed by atoms with Gasteiger partial charge in [0.25, 0.3) is 0 Å². The molecule has 4 fully saturated rings. The minimum absolute atomic E-state index is 0.352. The van der Waals surface area contributed by atoms with Crippen LogP contribution in [0.2, 0.25) is 0 Å². The van der Waals surface area contributed by atoms with Crippen LogP contribution in [0.5, 0.6) is 0 Å². The number of ether oxygens (including phenoxy) is 1. The van der Waals surface area contributed by atoms with Crippen molar-refractivity contribution in [2.75, 3.05) is 59.5 Å². The minimum Gasteiger partial charge on any atom is -0.464 e. The molecule has 0 amide bonds. The number of pyridine rings is 1. The van der Waals surface area contributed by atoms with Crippen molar-refractivity contribution in [3.8, 4) is 0 Å². The molecule has 4 aliphatic rings. The predicted molar refractivity (Wildman–Crippen MR) is 91.6 cm³/mol. The maximum Gasteiger partial charge on any atom is 0.356 e. The number of carbonyl (C=O) groups excluding carboxylic acids is 1. The number of hydrogen-bond donors (Lipinski definition) is 0. The van der Waals surface area contributed by atoms with Gasteiger partial charge in [0.1, 0.15) is 18.4 Å². The third-order valence-corrected chi connectivity index (χ3v) is 6.64. The van der Waals surface area contributed by atoms with Crippen LogP contribution in [0.1, 0.15) is 16.2 Å². The van der Waals surface area contributed by atoms with E-state index in [-0.39, 0.29) is 5.97 Å². The Morgan fingerprint density at radius 1 is 1.12 bits per heavy atom. The Morgan fingerprint density at radius 3 is 2.56 bits per heavy atom. The summed E-state index contributed by atoms with van der Waals surface area (Å²) >= 11 is 0. The van der Waals surface area contributed by atoms with Gasteiger partial charge in [-0.1, -0.05) is 6.07 Å². The summed E-state index contributed by atoms with van der Waals surface area (Å²) < 4.78 is 5.93. The smallest absolute Gasteiger partial charge is 0.356 e. The quantitative estimate of drug-likeness (QED) is 0.559. The first-order valence-electron chi connectivity index (χ1n) is 9.32. The normalized spacial score (nSPS) is 34.9. The Balaban J connectivity index is 1.46. The van der Waals surface area contributed by atoms with E-state index >= 15 is 0 Å². The van der Waals surface area contributed by atoms with E-state index in [0.717, 1.165) is 16.7 Å². The monoisotopic (exact) mass is 344 g/mol. The van der Waals surface area contributed by atoms with Crippen LogP contribution in [0, 0.1) is 0 Å². The van der Waals surface area contributed by atoms with E-state index in [4.69, 9.17) is 4.74 Å². The van der Waals surface area contributed by atoms with Gasteiger partial charge in [-0.25, -0.2) is 14.7 Å². The molecule has 4 aliphatic heterocycles. The van der Waals surface area contributed by atoms with Crippen molar-refractivity contribution in [2.45, 2.75) is 18.9 Å². The highest BCUT2D eigenvalue weighted by Crippen LogP contribution is 2.39. The topological polar surface area (TPSA) is 48.9 Å². The number of carbonyl (C=O) groups is 1. The van der Waals surface area contributed by atoms with Gasteiger partial charge in [-0.15, -0.1) is 0 Å². The third-order valence-electron chi connectivity index (χ3n) is 6.64. The number of nitrogens with zero attached hydrogens (tertiary/aromatic N) is 5. The van der Waals surface area contributed by atoms with Crippen LogP contribution >= 0.6 is 0 Å². The molecule has 5 rings (SSSR count). The number of piperazine rings is 2. The van der Waals surface area contributed by atoms with Gasteiger partial charge < -0.3 is 4.74 Å². The lowest BCUT2D eigenvalue weighted by Crippen LogP contribution is -2.73. The van der Waals surface area contributed by atoms with E-state index in [2.05, 4.69) is 25.8 Å². The van der Waals surface area contributed by atoms with Crippen molar-refractivity contribution in [2.24, 2.45) is 0 Å². The fourth-order valence-electron chi connectivity index (χ4n) is 5.46. The minimum atomic E-state index is -0.352. The standard InChI is InChI=1S/C18H26N5O2/c1-25-18(24)15-4-2-3-14(19-15)13-23-11-9-21-6-5-20-7-8-22(10-12-23)17(23)16(20)21/h2-4,16-17H,5-13H2,1H3/q+1/t16-,17+,23-/m1/s1. The fraction of sp³-hybridized carbons (Fsp3) is 0.667. The lowest BCUT2D eigenvalue weighted by molar-refractivity contribution is -0.966. The average Bonchev–Trinajstić information content (AvgIpc) is 3.22. The molecular formula is C18H26N5O2+. The number of hydrogen-bond acceptors (Lipinski definition) is 6. The highest BCUT2D eigenvalue weighted by Gasteiger charge is 2.60. The molecular weight excluding hydrogens is 318 g/mol. The highest BCUT2D eigenvalue weighted by atomic mass is 16.5. The van der Waals surface area contributed by atoms with Crippen molar-refractivity contribution in [3.05, 3.63) is 29.6 Å². The maximum absolute atomic E-state index is 11.8. The summed E-state index contributed by atoms with van der Waals surface area (Å²) in [5.41, 5.74) is 1.42. The average molecular weight is 344 g/mol. The molecule has 0 N–H and O–H groups in total. The zero-order valence-corrected chi connectivity index (χ0v) is 14.8. The molecule has 4 saturated heterocycles. The molecule has 0 saturated carbocycles. The summed E-state index contributed by atoms with van der Waals surface area (Å²) in [5.74, 6) is -0.352. The van der Waals surface area contributed by atoms with Gasteiger partial charge in [-0.2, -0.15) is 0 Å². The lowest BCUT2D eigenvalue weighted by Gasteiger charge is -2.53. The van der Waals surface area contributed by atoms with Gasteiger partial charge in [0.2, 0.25) is 0 Å². The molecule has 0 unspecified atom stereocenters. The Kier molecular flexibility index (Phi) is 3.60. The first kappa shape index (κ1) is 15.7. The van der Waals surface area contributed by atoms with Crippen LogP contribution in [-0.2, 0) is 11.3 Å². The number of esters is 1. The second-order valence-corrected chi connectivity index (χ2v) is 7.76. The van der Waals surface area contributed by atoms with Gasteiger partial charge in [-0.05, 0) is 12.1 Å². The van der Waals surface area contributed by atoms with Crippen molar-refractivity contribution < 1.29 is 14.0 Å². The van der Waals surface area contributed by atoms with Gasteiger partial charge in [0.05, 0.1) is 32.4 Å². The van der Waals surface area contributed by atoms with E-state index in [1.54, 1.807) is 6.07 Å². The van der Waals surface area contributed by atoms with Crippen molar-refractivity contribution in [3.63, 3.8) is 0 Å². The molecule has 1 aromatic heterocycles. The molecule has 3 atom stereocenters. The van der Waals surface area contributed by atoms with Crippen LogP contribution < -0.4 is 0 Å². The summed E-state index contributed by atoms with van der Waals surface area (Å²) in [6.07, 6.45) is 1.11. The Hall–Kier alpha value is -1.54. The molecule has 1 aromatic rings. The lowest BCUT2D eigenvalue weighted by atomic mass is 10.1. The van der Waals surface area contributed by atoms with E-state index in [1.165, 1.54) is 59.5 Å². The van der Waals surface area contributed by atoms with Crippen LogP contribution in [0.25, 0.3) is 0 Å². The molecule has 0 bridgehead atoms. The van der Waals surface area contributed by atoms with Gasteiger partial charge in [0, 0.05) is 32.7 Å². The number of methoxy groups -OCH3 is 1. The molecule has 5 heterocycles. The summed E-state index contributed by atoms with van der Waals surface area (Å²) in [6, 6.07) is 5.73. The van der Waals surface area contributed by atoms with E-state index < -0.39 is 0 Å². The number of rotatable bonds is 3. The van der Waals surface area contributed by atoms with Crippen LogP contribution in [0.3, 0.4) is 0 Å². The largest absolute Gasteiger partial charge is 0.464 e. The van der Waals surface area contributed by atoms with Crippen LogP contribution in [0.15, 0.2) is 18.2 Å². The molecule has 0 aliphatic carbocycles. The Bertz CT molecular complexity index is 692. The molecule has 134 valence electrons. The van der Waals surface area contributed by atoms with Gasteiger partial charge in [0.15, 0.2) is 6.17 Å². The molecule has 0 aromatic carbocycles. The Labute approximate surface area is 148 Å². The third kappa shape index (κ3) is 2.33. The highest BCUT2D eigenvalue weighted by molar-refractivity contribution is 5.87. The summed E-state index contributed by atoms with van der Waals surface area (Å²) in [7, 11) is 1.41. The number of aromatic nitrogens is 1. The van der Waals surface area contributed by atoms with E-state index in [0.29, 0.717) is 18.0 Å². The van der Waals surface area contributed by atoms with Crippen LogP contribution in [-0.4, -0.2) is 102 Å². The second kappa shape index (κ2) is 5.74. The van der Waals surface area contributed by atoms with Crippen molar-refractivity contribution in [1.82, 2.24) is 19.7 Å². The van der Waals surface area contributed by atoms with Crippen molar-refractivity contribution in [1.29, 1.82) is 0 Å². The van der Waals surface area contributed by atoms with Crippen LogP contribution in [0.4, 0.5) is 0 Å². The van der Waals surface area contributed by atoms with Gasteiger partial charge >= 0.3 is 5.97 Å². The molecule has 0 spiro atoms. The maximum atomic E-state index is 11.8. The zero-order valence-electron chi connectivity index (χ0n) is 14.8. The Morgan fingerprint density at radius 2 is 1.80 bits per heavy atom.